The largest absolute Gasteiger partial charge is 0.297 e. The minimum absolute atomic E-state index is 0.605. The fraction of sp³-hybridized carbons (Fsp3) is 0.353. The number of imidazole rings is 1. The molecule has 0 unspecified atom stereocenters. The number of hydrogen-bond acceptors (Lipinski definition) is 4. The number of fused-ring (bicyclic) bond motifs is 1. The summed E-state index contributed by atoms with van der Waals surface area (Å²) in [5.41, 5.74) is 1.26. The first-order chi connectivity index (χ1) is 10.9. The molecule has 0 amide bonds. The zero-order valence-electron chi connectivity index (χ0n) is 12.2. The molecule has 0 atom stereocenters. The Kier molecular flexibility index (Phi) is 3.98. The molecular weight excluding hydrogens is 310 g/mol. The maximum atomic E-state index is 4.75. The zero-order valence-corrected chi connectivity index (χ0v) is 13.9. The van der Waals surface area contributed by atoms with Crippen LogP contribution in [0.25, 0.3) is 4.96 Å². The number of rotatable bonds is 2. The summed E-state index contributed by atoms with van der Waals surface area (Å²) < 4.78 is 2.14. The number of thiazole rings is 1. The average molecular weight is 327 g/mol. The van der Waals surface area contributed by atoms with E-state index in [0.717, 1.165) is 29.5 Å². The molecule has 0 aromatic carbocycles. The van der Waals surface area contributed by atoms with Crippen LogP contribution in [0.2, 0.25) is 0 Å². The van der Waals surface area contributed by atoms with Gasteiger partial charge >= 0.3 is 0 Å². The van der Waals surface area contributed by atoms with E-state index in [2.05, 4.69) is 56.4 Å². The second-order valence-electron chi connectivity index (χ2n) is 5.59. The molecule has 3 aromatic rings. The summed E-state index contributed by atoms with van der Waals surface area (Å²) in [5, 5.41) is 4.16. The first kappa shape index (κ1) is 14.0. The van der Waals surface area contributed by atoms with Crippen molar-refractivity contribution < 1.29 is 0 Å². The van der Waals surface area contributed by atoms with Crippen LogP contribution in [-0.4, -0.2) is 33.9 Å². The van der Waals surface area contributed by atoms with E-state index >= 15 is 0 Å². The monoisotopic (exact) mass is 327 g/mol. The van der Waals surface area contributed by atoms with Crippen LogP contribution in [0, 0.1) is 11.8 Å². The Morgan fingerprint density at radius 2 is 2.14 bits per heavy atom. The number of thiophene rings is 1. The van der Waals surface area contributed by atoms with Gasteiger partial charge in [-0.1, -0.05) is 17.9 Å². The minimum atomic E-state index is 0.605. The van der Waals surface area contributed by atoms with E-state index in [4.69, 9.17) is 4.98 Å². The third kappa shape index (κ3) is 2.95. The van der Waals surface area contributed by atoms with Gasteiger partial charge in [-0.2, -0.15) is 0 Å². The Morgan fingerprint density at radius 3 is 2.91 bits per heavy atom. The van der Waals surface area contributed by atoms with Gasteiger partial charge in [-0.05, 0) is 37.4 Å². The number of hydrogen-bond donors (Lipinski definition) is 0. The molecular formula is C17H17N3S2. The number of aromatic nitrogens is 2. The molecule has 0 bridgehead atoms. The van der Waals surface area contributed by atoms with Gasteiger partial charge in [0, 0.05) is 23.7 Å². The standard InChI is InChI=1S/C17H17N3S2/c1(3-15-4-2-11-21-15)7-19-8-5-14(6-9-19)16-13-20-10-12-22-17(20)18-16/h2,4,10-14H,5-9H2. The molecule has 0 saturated carbocycles. The Balaban J connectivity index is 1.33. The molecule has 22 heavy (non-hydrogen) atoms. The highest BCUT2D eigenvalue weighted by Gasteiger charge is 2.22. The van der Waals surface area contributed by atoms with Crippen LogP contribution in [0.4, 0.5) is 0 Å². The smallest absolute Gasteiger partial charge is 0.193 e. The molecule has 5 heteroatoms. The van der Waals surface area contributed by atoms with Gasteiger partial charge in [0.05, 0.1) is 17.1 Å². The Hall–Kier alpha value is -1.61. The Morgan fingerprint density at radius 1 is 1.23 bits per heavy atom. The first-order valence-electron chi connectivity index (χ1n) is 7.55. The van der Waals surface area contributed by atoms with Crippen LogP contribution in [0.1, 0.15) is 29.3 Å². The van der Waals surface area contributed by atoms with Crippen LogP contribution in [0.5, 0.6) is 0 Å². The lowest BCUT2D eigenvalue weighted by Gasteiger charge is -2.29. The van der Waals surface area contributed by atoms with Gasteiger partial charge in [-0.3, -0.25) is 9.30 Å². The van der Waals surface area contributed by atoms with E-state index in [1.807, 2.05) is 0 Å². The molecule has 0 aliphatic carbocycles. The second-order valence-corrected chi connectivity index (χ2v) is 7.41. The summed E-state index contributed by atoms with van der Waals surface area (Å²) >= 11 is 3.41. The van der Waals surface area contributed by atoms with Crippen LogP contribution in [0.3, 0.4) is 0 Å². The predicted octanol–water partition coefficient (Wildman–Crippen LogP) is 3.69. The van der Waals surface area contributed by atoms with Crippen molar-refractivity contribution in [1.82, 2.24) is 14.3 Å². The van der Waals surface area contributed by atoms with Gasteiger partial charge < -0.3 is 0 Å². The van der Waals surface area contributed by atoms with E-state index in [1.165, 1.54) is 18.5 Å². The molecule has 0 spiro atoms. The third-order valence-corrected chi connectivity index (χ3v) is 5.71. The van der Waals surface area contributed by atoms with Crippen molar-refractivity contribution in [3.63, 3.8) is 0 Å². The second kappa shape index (κ2) is 6.25. The van der Waals surface area contributed by atoms with E-state index in [-0.39, 0.29) is 0 Å². The van der Waals surface area contributed by atoms with Crippen LogP contribution < -0.4 is 0 Å². The van der Waals surface area contributed by atoms with Gasteiger partial charge in [0.15, 0.2) is 4.96 Å². The average Bonchev–Trinajstić information content (AvgIpc) is 3.25. The summed E-state index contributed by atoms with van der Waals surface area (Å²) in [5.74, 6) is 7.14. The summed E-state index contributed by atoms with van der Waals surface area (Å²) in [6.45, 7) is 3.12. The van der Waals surface area contributed by atoms with Crippen LogP contribution >= 0.6 is 22.7 Å². The molecule has 3 nitrogen and oxygen atoms in total. The molecule has 0 N–H and O–H groups in total. The van der Waals surface area contributed by atoms with Gasteiger partial charge in [0.2, 0.25) is 0 Å². The third-order valence-electron chi connectivity index (χ3n) is 4.15. The lowest BCUT2D eigenvalue weighted by molar-refractivity contribution is 0.234. The highest BCUT2D eigenvalue weighted by molar-refractivity contribution is 7.15. The maximum absolute atomic E-state index is 4.75. The fourth-order valence-corrected chi connectivity index (χ4v) is 4.22. The van der Waals surface area contributed by atoms with E-state index in [1.54, 1.807) is 22.7 Å². The minimum Gasteiger partial charge on any atom is -0.297 e. The molecule has 1 aliphatic heterocycles. The van der Waals surface area contributed by atoms with Crippen molar-refractivity contribution >= 4 is 27.6 Å². The quantitative estimate of drug-likeness (QED) is 0.669. The lowest BCUT2D eigenvalue weighted by Crippen LogP contribution is -2.33. The molecule has 4 rings (SSSR count). The highest BCUT2D eigenvalue weighted by atomic mass is 32.1. The van der Waals surface area contributed by atoms with E-state index in [0.29, 0.717) is 5.92 Å². The summed E-state index contributed by atoms with van der Waals surface area (Å²) in [6.07, 6.45) is 6.66. The predicted molar refractivity (Wildman–Crippen MR) is 92.7 cm³/mol. The maximum Gasteiger partial charge on any atom is 0.193 e. The van der Waals surface area contributed by atoms with E-state index in [9.17, 15) is 0 Å². The molecule has 1 fully saturated rings. The number of likely N-dealkylation sites (tertiary alicyclic amines) is 1. The van der Waals surface area contributed by atoms with Gasteiger partial charge in [0.25, 0.3) is 0 Å². The van der Waals surface area contributed by atoms with Gasteiger partial charge in [-0.15, -0.1) is 22.7 Å². The molecule has 4 heterocycles. The Labute approximate surface area is 138 Å². The van der Waals surface area contributed by atoms with Crippen LogP contribution in [-0.2, 0) is 0 Å². The molecule has 0 radical (unpaired) electrons. The van der Waals surface area contributed by atoms with Crippen molar-refractivity contribution in [3.05, 3.63) is 45.9 Å². The summed E-state index contributed by atoms with van der Waals surface area (Å²) in [4.78, 5) is 9.48. The normalized spacial score (nSPS) is 16.7. The van der Waals surface area contributed by atoms with Crippen molar-refractivity contribution in [2.45, 2.75) is 18.8 Å². The summed E-state index contributed by atoms with van der Waals surface area (Å²) in [7, 11) is 0. The van der Waals surface area contributed by atoms with Gasteiger partial charge in [0.1, 0.15) is 0 Å². The van der Waals surface area contributed by atoms with E-state index < -0.39 is 0 Å². The molecule has 3 aromatic heterocycles. The van der Waals surface area contributed by atoms with Crippen molar-refractivity contribution in [3.8, 4) is 11.8 Å². The summed E-state index contributed by atoms with van der Waals surface area (Å²) in [6, 6.07) is 4.13. The Bertz CT molecular complexity index is 767. The van der Waals surface area contributed by atoms with Crippen LogP contribution in [0.15, 0.2) is 35.3 Å². The molecule has 1 aliphatic rings. The van der Waals surface area contributed by atoms with Crippen molar-refractivity contribution in [2.24, 2.45) is 0 Å². The molecule has 1 saturated heterocycles. The van der Waals surface area contributed by atoms with Gasteiger partial charge in [-0.25, -0.2) is 4.98 Å². The zero-order chi connectivity index (χ0) is 14.8. The van der Waals surface area contributed by atoms with Crippen molar-refractivity contribution in [1.29, 1.82) is 0 Å². The number of piperidine rings is 1. The first-order valence-corrected chi connectivity index (χ1v) is 9.31. The number of nitrogens with zero attached hydrogens (tertiary/aromatic N) is 3. The topological polar surface area (TPSA) is 20.5 Å². The van der Waals surface area contributed by atoms with Crippen molar-refractivity contribution in [2.75, 3.05) is 19.6 Å². The fourth-order valence-electron chi connectivity index (χ4n) is 2.92. The molecule has 112 valence electrons. The SMILES string of the molecule is C(#Cc1cccs1)CN1CCC(c2cn3ccsc3n2)CC1. The highest BCUT2D eigenvalue weighted by Crippen LogP contribution is 2.28. The lowest BCUT2D eigenvalue weighted by atomic mass is 9.94.